The smallest absolute Gasteiger partial charge is 0.324 e. The third kappa shape index (κ3) is 3.89. The van der Waals surface area contributed by atoms with Crippen molar-refractivity contribution >= 4 is 23.2 Å². The molecular weight excluding hydrogens is 250 g/mol. The zero-order chi connectivity index (χ0) is 11.6. The van der Waals surface area contributed by atoms with Crippen molar-refractivity contribution in [3.63, 3.8) is 0 Å². The van der Waals surface area contributed by atoms with E-state index in [-0.39, 0.29) is 10.6 Å². The van der Waals surface area contributed by atoms with Crippen LogP contribution in [0, 0.1) is 0 Å². The van der Waals surface area contributed by atoms with Crippen molar-refractivity contribution in [3.8, 4) is 0 Å². The number of halogens is 5. The highest BCUT2D eigenvalue weighted by Crippen LogP contribution is 2.32. The average Bonchev–Trinajstić information content (AvgIpc) is 2.06. The van der Waals surface area contributed by atoms with Crippen molar-refractivity contribution < 1.29 is 13.2 Å². The maximum atomic E-state index is 12.1. The van der Waals surface area contributed by atoms with E-state index in [0.29, 0.717) is 5.02 Å². The molecule has 0 spiro atoms. The maximum absolute atomic E-state index is 12.1. The van der Waals surface area contributed by atoms with Crippen molar-refractivity contribution in [3.05, 3.63) is 33.8 Å². The van der Waals surface area contributed by atoms with E-state index in [9.17, 15) is 13.2 Å². The van der Waals surface area contributed by atoms with Gasteiger partial charge in [-0.1, -0.05) is 23.2 Å². The van der Waals surface area contributed by atoms with Gasteiger partial charge in [-0.25, -0.2) is 0 Å². The van der Waals surface area contributed by atoms with E-state index in [1.54, 1.807) is 0 Å². The van der Waals surface area contributed by atoms with Gasteiger partial charge in [0.25, 0.3) is 0 Å². The minimum Gasteiger partial charge on any atom is -0.324 e. The lowest BCUT2D eigenvalue weighted by atomic mass is 10.0. The Bertz CT molecular complexity index is 352. The summed E-state index contributed by atoms with van der Waals surface area (Å²) < 4.78 is 36.2. The summed E-state index contributed by atoms with van der Waals surface area (Å²) in [5, 5.41) is 0.503. The first kappa shape index (κ1) is 12.6. The van der Waals surface area contributed by atoms with E-state index in [0.717, 1.165) is 0 Å². The molecule has 15 heavy (non-hydrogen) atoms. The van der Waals surface area contributed by atoms with Gasteiger partial charge in [0.15, 0.2) is 0 Å². The summed E-state index contributed by atoms with van der Waals surface area (Å²) in [5.74, 6) is 0. The molecule has 0 aliphatic carbocycles. The van der Waals surface area contributed by atoms with Crippen LogP contribution in [0.4, 0.5) is 13.2 Å². The van der Waals surface area contributed by atoms with Gasteiger partial charge in [-0.2, -0.15) is 13.2 Å². The molecule has 1 aromatic carbocycles. The quantitative estimate of drug-likeness (QED) is 0.853. The molecular formula is C9H8Cl2F3N. The van der Waals surface area contributed by atoms with Crippen LogP contribution >= 0.6 is 23.2 Å². The molecule has 2 N–H and O–H groups in total. The van der Waals surface area contributed by atoms with Crippen LogP contribution in [-0.4, -0.2) is 6.18 Å². The molecule has 1 nitrogen and oxygen atoms in total. The van der Waals surface area contributed by atoms with Crippen LogP contribution < -0.4 is 5.73 Å². The van der Waals surface area contributed by atoms with Crippen LogP contribution in [0.3, 0.4) is 0 Å². The summed E-state index contributed by atoms with van der Waals surface area (Å²) in [6.07, 6.45) is -5.43. The molecule has 0 aliphatic heterocycles. The first-order valence-electron chi connectivity index (χ1n) is 4.07. The van der Waals surface area contributed by atoms with Crippen LogP contribution in [0.15, 0.2) is 18.2 Å². The summed E-state index contributed by atoms with van der Waals surface area (Å²) in [4.78, 5) is 0. The molecule has 0 saturated heterocycles. The van der Waals surface area contributed by atoms with Crippen LogP contribution in [0.2, 0.25) is 10.0 Å². The second-order valence-electron chi connectivity index (χ2n) is 3.09. The zero-order valence-electron chi connectivity index (χ0n) is 7.48. The van der Waals surface area contributed by atoms with Crippen molar-refractivity contribution in [2.45, 2.75) is 18.6 Å². The number of alkyl halides is 3. The van der Waals surface area contributed by atoms with E-state index in [1.807, 2.05) is 0 Å². The standard InChI is InChI=1S/C9H8Cl2F3N/c10-5-1-2-7(11)6(3-5)8(15)4-9(12,13)14/h1-3,8H,4,15H2/t8-/m0/s1. The molecule has 1 atom stereocenters. The molecule has 0 radical (unpaired) electrons. The van der Waals surface area contributed by atoms with E-state index >= 15 is 0 Å². The number of rotatable bonds is 2. The van der Waals surface area contributed by atoms with E-state index in [4.69, 9.17) is 28.9 Å². The fourth-order valence-corrected chi connectivity index (χ4v) is 1.60. The van der Waals surface area contributed by atoms with Gasteiger partial charge in [-0.3, -0.25) is 0 Å². The van der Waals surface area contributed by atoms with Crippen molar-refractivity contribution in [1.82, 2.24) is 0 Å². The minimum absolute atomic E-state index is 0.191. The first-order valence-corrected chi connectivity index (χ1v) is 4.82. The van der Waals surface area contributed by atoms with Crippen molar-refractivity contribution in [2.24, 2.45) is 5.73 Å². The van der Waals surface area contributed by atoms with E-state index in [1.165, 1.54) is 18.2 Å². The average molecular weight is 258 g/mol. The fraction of sp³-hybridized carbons (Fsp3) is 0.333. The Hall–Kier alpha value is -0.450. The number of hydrogen-bond donors (Lipinski definition) is 1. The predicted molar refractivity (Wildman–Crippen MR) is 54.1 cm³/mol. The van der Waals surface area contributed by atoms with Crippen LogP contribution in [0.1, 0.15) is 18.0 Å². The highest BCUT2D eigenvalue weighted by molar-refractivity contribution is 6.33. The summed E-state index contributed by atoms with van der Waals surface area (Å²) >= 11 is 11.4. The molecule has 0 amide bonds. The summed E-state index contributed by atoms with van der Waals surface area (Å²) in [7, 11) is 0. The summed E-state index contributed by atoms with van der Waals surface area (Å²) in [6, 6.07) is 3.08. The van der Waals surface area contributed by atoms with Gasteiger partial charge in [0.2, 0.25) is 0 Å². The Balaban J connectivity index is 2.90. The normalized spacial score (nSPS) is 14.0. The molecule has 0 fully saturated rings. The fourth-order valence-electron chi connectivity index (χ4n) is 1.16. The van der Waals surface area contributed by atoms with Crippen molar-refractivity contribution in [1.29, 1.82) is 0 Å². The van der Waals surface area contributed by atoms with E-state index < -0.39 is 18.6 Å². The lowest BCUT2D eigenvalue weighted by Gasteiger charge is -2.15. The highest BCUT2D eigenvalue weighted by Gasteiger charge is 2.31. The highest BCUT2D eigenvalue weighted by atomic mass is 35.5. The number of nitrogens with two attached hydrogens (primary N) is 1. The van der Waals surface area contributed by atoms with Crippen LogP contribution in [-0.2, 0) is 0 Å². The summed E-state index contributed by atoms with van der Waals surface area (Å²) in [6.45, 7) is 0. The van der Waals surface area contributed by atoms with Crippen LogP contribution in [0.25, 0.3) is 0 Å². The second kappa shape index (κ2) is 4.60. The topological polar surface area (TPSA) is 26.0 Å². The minimum atomic E-state index is -4.31. The molecule has 0 saturated carbocycles. The molecule has 1 rings (SSSR count). The van der Waals surface area contributed by atoms with Gasteiger partial charge < -0.3 is 5.73 Å². The summed E-state index contributed by atoms with van der Waals surface area (Å²) in [5.41, 5.74) is 5.60. The maximum Gasteiger partial charge on any atom is 0.390 e. The van der Waals surface area contributed by atoms with Crippen molar-refractivity contribution in [2.75, 3.05) is 0 Å². The molecule has 0 unspecified atom stereocenters. The lowest BCUT2D eigenvalue weighted by molar-refractivity contribution is -0.138. The SMILES string of the molecule is N[C@@H](CC(F)(F)F)c1cc(Cl)ccc1Cl. The van der Waals surface area contributed by atoms with Gasteiger partial charge in [0, 0.05) is 16.1 Å². The van der Waals surface area contributed by atoms with Crippen LogP contribution in [0.5, 0.6) is 0 Å². The Morgan fingerprint density at radius 2 is 1.87 bits per heavy atom. The molecule has 6 heteroatoms. The van der Waals surface area contributed by atoms with Gasteiger partial charge in [0.05, 0.1) is 6.42 Å². The first-order chi connectivity index (χ1) is 6.79. The van der Waals surface area contributed by atoms with Gasteiger partial charge >= 0.3 is 6.18 Å². The predicted octanol–water partition coefficient (Wildman–Crippen LogP) is 3.95. The molecule has 0 aromatic heterocycles. The molecule has 0 heterocycles. The lowest BCUT2D eigenvalue weighted by Crippen LogP contribution is -2.20. The molecule has 1 aromatic rings. The van der Waals surface area contributed by atoms with Gasteiger partial charge in [-0.15, -0.1) is 0 Å². The Kier molecular flexibility index (Phi) is 3.87. The Morgan fingerprint density at radius 3 is 2.40 bits per heavy atom. The second-order valence-corrected chi connectivity index (χ2v) is 3.94. The monoisotopic (exact) mass is 257 g/mol. The van der Waals surface area contributed by atoms with E-state index in [2.05, 4.69) is 0 Å². The largest absolute Gasteiger partial charge is 0.390 e. The third-order valence-electron chi connectivity index (χ3n) is 1.81. The Morgan fingerprint density at radius 1 is 1.27 bits per heavy atom. The number of benzene rings is 1. The third-order valence-corrected chi connectivity index (χ3v) is 2.39. The van der Waals surface area contributed by atoms with Gasteiger partial charge in [0.1, 0.15) is 0 Å². The Labute approximate surface area is 95.0 Å². The molecule has 84 valence electrons. The number of hydrogen-bond acceptors (Lipinski definition) is 1. The zero-order valence-corrected chi connectivity index (χ0v) is 9.00. The molecule has 0 aliphatic rings. The van der Waals surface area contributed by atoms with Gasteiger partial charge in [-0.05, 0) is 23.8 Å². The molecule has 0 bridgehead atoms.